The Morgan fingerprint density at radius 3 is 3.09 bits per heavy atom. The Labute approximate surface area is 67.0 Å². The number of nitrogens with zero attached hydrogens (tertiary/aromatic N) is 1. The van der Waals surface area contributed by atoms with Gasteiger partial charge in [-0.1, -0.05) is 6.08 Å². The van der Waals surface area contributed by atoms with Gasteiger partial charge in [-0.3, -0.25) is 4.99 Å². The largest absolute Gasteiger partial charge is 0.378 e. The molecule has 2 aliphatic heterocycles. The minimum atomic E-state index is 0.448. The SMILES string of the molecule is C1=CC(C2CCCO2)CN=C1. The molecule has 60 valence electrons. The summed E-state index contributed by atoms with van der Waals surface area (Å²) in [7, 11) is 0. The van der Waals surface area contributed by atoms with Gasteiger partial charge >= 0.3 is 0 Å². The van der Waals surface area contributed by atoms with E-state index in [2.05, 4.69) is 11.1 Å². The van der Waals surface area contributed by atoms with Gasteiger partial charge in [0.05, 0.1) is 6.10 Å². The molecule has 0 aromatic carbocycles. The van der Waals surface area contributed by atoms with Gasteiger partial charge in [-0.2, -0.15) is 0 Å². The first-order valence-electron chi connectivity index (χ1n) is 4.25. The van der Waals surface area contributed by atoms with Crippen LogP contribution in [-0.4, -0.2) is 25.5 Å². The molecule has 2 unspecified atom stereocenters. The second kappa shape index (κ2) is 3.18. The molecule has 2 atom stereocenters. The van der Waals surface area contributed by atoms with Crippen LogP contribution in [0.25, 0.3) is 0 Å². The quantitative estimate of drug-likeness (QED) is 0.555. The fourth-order valence-corrected chi connectivity index (χ4v) is 1.68. The molecule has 2 heterocycles. The fraction of sp³-hybridized carbons (Fsp3) is 0.667. The van der Waals surface area contributed by atoms with Crippen LogP contribution in [0.4, 0.5) is 0 Å². The van der Waals surface area contributed by atoms with Crippen LogP contribution in [0.15, 0.2) is 17.1 Å². The van der Waals surface area contributed by atoms with Crippen molar-refractivity contribution in [1.82, 2.24) is 0 Å². The van der Waals surface area contributed by atoms with Crippen molar-refractivity contribution in [2.45, 2.75) is 18.9 Å². The minimum absolute atomic E-state index is 0.448. The average Bonchev–Trinajstić information content (AvgIpc) is 2.58. The van der Waals surface area contributed by atoms with Crippen LogP contribution in [-0.2, 0) is 4.74 Å². The zero-order valence-corrected chi connectivity index (χ0v) is 6.57. The zero-order chi connectivity index (χ0) is 7.52. The Balaban J connectivity index is 1.94. The van der Waals surface area contributed by atoms with E-state index in [1.165, 1.54) is 12.8 Å². The van der Waals surface area contributed by atoms with Gasteiger partial charge < -0.3 is 4.74 Å². The summed E-state index contributed by atoms with van der Waals surface area (Å²) in [4.78, 5) is 4.21. The summed E-state index contributed by atoms with van der Waals surface area (Å²) < 4.78 is 5.57. The molecule has 0 aliphatic carbocycles. The molecule has 1 saturated heterocycles. The highest BCUT2D eigenvalue weighted by molar-refractivity contribution is 5.72. The first kappa shape index (κ1) is 7.04. The number of aliphatic imine (C=N–C) groups is 1. The molecule has 0 bridgehead atoms. The van der Waals surface area contributed by atoms with Crippen LogP contribution in [0.3, 0.4) is 0 Å². The van der Waals surface area contributed by atoms with Gasteiger partial charge in [-0.25, -0.2) is 0 Å². The summed E-state index contributed by atoms with van der Waals surface area (Å²) in [5.74, 6) is 0.544. The number of hydrogen-bond acceptors (Lipinski definition) is 2. The maximum absolute atomic E-state index is 5.57. The molecule has 1 fully saturated rings. The maximum atomic E-state index is 5.57. The molecule has 2 nitrogen and oxygen atoms in total. The van der Waals surface area contributed by atoms with E-state index in [1.807, 2.05) is 12.3 Å². The van der Waals surface area contributed by atoms with Crippen molar-refractivity contribution in [1.29, 1.82) is 0 Å². The van der Waals surface area contributed by atoms with Gasteiger partial charge in [0, 0.05) is 25.3 Å². The summed E-state index contributed by atoms with van der Waals surface area (Å²) in [5, 5.41) is 0. The molecule has 11 heavy (non-hydrogen) atoms. The van der Waals surface area contributed by atoms with E-state index in [-0.39, 0.29) is 0 Å². The maximum Gasteiger partial charge on any atom is 0.0656 e. The lowest BCUT2D eigenvalue weighted by Gasteiger charge is -2.18. The Morgan fingerprint density at radius 1 is 1.45 bits per heavy atom. The highest BCUT2D eigenvalue weighted by Crippen LogP contribution is 2.22. The molecular formula is C9H13NO. The number of rotatable bonds is 1. The fourth-order valence-electron chi connectivity index (χ4n) is 1.68. The van der Waals surface area contributed by atoms with Gasteiger partial charge in [0.15, 0.2) is 0 Å². The molecule has 0 saturated carbocycles. The Bertz CT molecular complexity index is 180. The first-order valence-corrected chi connectivity index (χ1v) is 4.25. The summed E-state index contributed by atoms with van der Waals surface area (Å²) in [5.41, 5.74) is 0. The Kier molecular flexibility index (Phi) is 2.04. The van der Waals surface area contributed by atoms with Crippen molar-refractivity contribution in [3.63, 3.8) is 0 Å². The normalized spacial score (nSPS) is 36.4. The Morgan fingerprint density at radius 2 is 2.45 bits per heavy atom. The molecule has 0 amide bonds. The smallest absolute Gasteiger partial charge is 0.0656 e. The van der Waals surface area contributed by atoms with Crippen LogP contribution in [0.1, 0.15) is 12.8 Å². The lowest BCUT2D eigenvalue weighted by Crippen LogP contribution is -2.21. The minimum Gasteiger partial charge on any atom is -0.378 e. The standard InChI is InChI=1S/C9H13NO/c1-3-8(7-10-5-1)9-4-2-6-11-9/h1,3,5,8-9H,2,4,6-7H2. The summed E-state index contributed by atoms with van der Waals surface area (Å²) in [6.45, 7) is 1.86. The predicted octanol–water partition coefficient (Wildman–Crippen LogP) is 1.42. The molecule has 0 aromatic heterocycles. The molecule has 2 aliphatic rings. The first-order chi connectivity index (χ1) is 5.47. The topological polar surface area (TPSA) is 21.6 Å². The van der Waals surface area contributed by atoms with E-state index >= 15 is 0 Å². The van der Waals surface area contributed by atoms with Crippen LogP contribution in [0.5, 0.6) is 0 Å². The van der Waals surface area contributed by atoms with Gasteiger partial charge in [-0.15, -0.1) is 0 Å². The Hall–Kier alpha value is -0.630. The number of dihydropyridines is 1. The third kappa shape index (κ3) is 1.51. The van der Waals surface area contributed by atoms with E-state index in [1.54, 1.807) is 0 Å². The van der Waals surface area contributed by atoms with E-state index in [0.29, 0.717) is 12.0 Å². The van der Waals surface area contributed by atoms with Crippen molar-refractivity contribution in [3.05, 3.63) is 12.2 Å². The molecular weight excluding hydrogens is 138 g/mol. The van der Waals surface area contributed by atoms with Gasteiger partial charge in [0.1, 0.15) is 0 Å². The van der Waals surface area contributed by atoms with Crippen molar-refractivity contribution < 1.29 is 4.74 Å². The highest BCUT2D eigenvalue weighted by atomic mass is 16.5. The van der Waals surface area contributed by atoms with Crippen molar-refractivity contribution in [2.75, 3.05) is 13.2 Å². The average molecular weight is 151 g/mol. The molecule has 0 radical (unpaired) electrons. The molecule has 2 heteroatoms. The van der Waals surface area contributed by atoms with Crippen LogP contribution >= 0.6 is 0 Å². The molecule has 0 spiro atoms. The van der Waals surface area contributed by atoms with Crippen LogP contribution in [0.2, 0.25) is 0 Å². The van der Waals surface area contributed by atoms with Crippen molar-refractivity contribution in [3.8, 4) is 0 Å². The lowest BCUT2D eigenvalue weighted by molar-refractivity contribution is 0.0815. The molecule has 0 aromatic rings. The number of allylic oxidation sites excluding steroid dienone is 1. The third-order valence-electron chi connectivity index (χ3n) is 2.31. The number of hydrogen-bond donors (Lipinski definition) is 0. The van der Waals surface area contributed by atoms with Gasteiger partial charge in [0.25, 0.3) is 0 Å². The second-order valence-corrected chi connectivity index (χ2v) is 3.11. The van der Waals surface area contributed by atoms with Crippen LogP contribution < -0.4 is 0 Å². The molecule has 0 N–H and O–H groups in total. The van der Waals surface area contributed by atoms with E-state index < -0.39 is 0 Å². The third-order valence-corrected chi connectivity index (χ3v) is 2.31. The monoisotopic (exact) mass is 151 g/mol. The summed E-state index contributed by atoms with van der Waals surface area (Å²) in [6.07, 6.45) is 8.98. The van der Waals surface area contributed by atoms with Crippen LogP contribution in [0, 0.1) is 5.92 Å². The second-order valence-electron chi connectivity index (χ2n) is 3.11. The van der Waals surface area contributed by atoms with Gasteiger partial charge in [-0.05, 0) is 18.9 Å². The van der Waals surface area contributed by atoms with E-state index in [9.17, 15) is 0 Å². The predicted molar refractivity (Wildman–Crippen MR) is 45.0 cm³/mol. The zero-order valence-electron chi connectivity index (χ0n) is 6.57. The van der Waals surface area contributed by atoms with Crippen molar-refractivity contribution >= 4 is 6.21 Å². The molecule has 2 rings (SSSR count). The van der Waals surface area contributed by atoms with E-state index in [4.69, 9.17) is 4.74 Å². The van der Waals surface area contributed by atoms with Gasteiger partial charge in [0.2, 0.25) is 0 Å². The summed E-state index contributed by atoms with van der Waals surface area (Å²) in [6, 6.07) is 0. The number of ether oxygens (including phenoxy) is 1. The van der Waals surface area contributed by atoms with E-state index in [0.717, 1.165) is 13.2 Å². The lowest BCUT2D eigenvalue weighted by atomic mass is 9.98. The van der Waals surface area contributed by atoms with Crippen molar-refractivity contribution in [2.24, 2.45) is 10.9 Å². The summed E-state index contributed by atoms with van der Waals surface area (Å²) >= 11 is 0. The highest BCUT2D eigenvalue weighted by Gasteiger charge is 2.23.